The molecule has 186 valence electrons. The quantitative estimate of drug-likeness (QED) is 0.161. The Balaban J connectivity index is 1.76. The third kappa shape index (κ3) is 4.92. The van der Waals surface area contributed by atoms with Crippen LogP contribution in [0.25, 0.3) is 39.7 Å². The molecule has 2 unspecified atom stereocenters. The van der Waals surface area contributed by atoms with Crippen LogP contribution >= 0.6 is 45.3 Å². The van der Waals surface area contributed by atoms with Crippen molar-refractivity contribution < 1.29 is 9.47 Å². The molecule has 5 rings (SSSR count). The standard InChI is InChI=1S/C30H30O2S4/c1-7-17(3)15-31-27-21-13-25(23-11-9-19(5)33-23)36-30(21)28(32-16-18(4)8-2)22-14-26(35-29(22)27)24-12-10-20(6)34-24/h7-14,17-18H,1-2,15-16H2,3-6H3. The molecule has 5 aromatic rings. The van der Waals surface area contributed by atoms with Gasteiger partial charge < -0.3 is 9.47 Å². The van der Waals surface area contributed by atoms with Crippen LogP contribution in [0.1, 0.15) is 23.6 Å². The summed E-state index contributed by atoms with van der Waals surface area (Å²) >= 11 is 7.24. The van der Waals surface area contributed by atoms with Crippen molar-refractivity contribution >= 4 is 65.5 Å². The highest BCUT2D eigenvalue weighted by atomic mass is 32.1. The summed E-state index contributed by atoms with van der Waals surface area (Å²) in [4.78, 5) is 7.68. The van der Waals surface area contributed by atoms with Gasteiger partial charge in [0, 0.05) is 51.9 Å². The van der Waals surface area contributed by atoms with E-state index in [1.807, 2.05) is 34.8 Å². The minimum Gasteiger partial charge on any atom is -0.491 e. The van der Waals surface area contributed by atoms with Crippen molar-refractivity contribution in [2.24, 2.45) is 11.8 Å². The first kappa shape index (κ1) is 25.3. The van der Waals surface area contributed by atoms with E-state index in [0.29, 0.717) is 13.2 Å². The molecule has 2 atom stereocenters. The summed E-state index contributed by atoms with van der Waals surface area (Å²) in [6, 6.07) is 13.4. The Kier molecular flexibility index (Phi) is 7.40. The highest BCUT2D eigenvalue weighted by Gasteiger charge is 2.24. The van der Waals surface area contributed by atoms with Gasteiger partial charge in [-0.1, -0.05) is 26.0 Å². The SMILES string of the molecule is C=CC(C)COc1c2cc(-c3ccc(C)s3)sc2c(OCC(C)C=C)c2cc(-c3ccc(C)s3)sc12. The summed E-state index contributed by atoms with van der Waals surface area (Å²) in [7, 11) is 0. The van der Waals surface area contributed by atoms with Crippen LogP contribution < -0.4 is 9.47 Å². The molecule has 0 radical (unpaired) electrons. The van der Waals surface area contributed by atoms with Gasteiger partial charge in [0.1, 0.15) is 11.5 Å². The maximum Gasteiger partial charge on any atom is 0.146 e. The average molecular weight is 551 g/mol. The van der Waals surface area contributed by atoms with Crippen LogP contribution in [0.3, 0.4) is 0 Å². The second-order valence-electron chi connectivity index (χ2n) is 9.23. The van der Waals surface area contributed by atoms with Crippen molar-refractivity contribution in [3.8, 4) is 31.0 Å². The van der Waals surface area contributed by atoms with Crippen LogP contribution in [0, 0.1) is 25.7 Å². The van der Waals surface area contributed by atoms with Crippen LogP contribution in [0.2, 0.25) is 0 Å². The molecular weight excluding hydrogens is 521 g/mol. The second-order valence-corrected chi connectivity index (χ2v) is 13.9. The minimum atomic E-state index is 0.261. The van der Waals surface area contributed by atoms with E-state index in [9.17, 15) is 0 Å². The van der Waals surface area contributed by atoms with Crippen molar-refractivity contribution in [2.45, 2.75) is 27.7 Å². The van der Waals surface area contributed by atoms with Crippen LogP contribution in [0.15, 0.2) is 61.7 Å². The van der Waals surface area contributed by atoms with Crippen LogP contribution in [0.5, 0.6) is 11.5 Å². The average Bonchev–Trinajstić information content (AvgIpc) is 3.66. The Bertz CT molecular complexity index is 1370. The number of hydrogen-bond donors (Lipinski definition) is 0. The van der Waals surface area contributed by atoms with Crippen LogP contribution in [-0.4, -0.2) is 13.2 Å². The number of rotatable bonds is 10. The fraction of sp³-hybridized carbons (Fsp3) is 0.267. The van der Waals surface area contributed by atoms with Crippen molar-refractivity contribution in [2.75, 3.05) is 13.2 Å². The number of fused-ring (bicyclic) bond motifs is 2. The number of ether oxygens (including phenoxy) is 2. The summed E-state index contributed by atoms with van der Waals surface area (Å²) in [5, 5.41) is 2.25. The largest absolute Gasteiger partial charge is 0.491 e. The number of aryl methyl sites for hydroxylation is 2. The Labute approximate surface area is 229 Å². The molecule has 0 N–H and O–H groups in total. The fourth-order valence-corrected chi connectivity index (χ4v) is 8.16. The van der Waals surface area contributed by atoms with Gasteiger partial charge in [0.2, 0.25) is 0 Å². The second kappa shape index (κ2) is 10.5. The van der Waals surface area contributed by atoms with Crippen molar-refractivity contribution in [1.82, 2.24) is 0 Å². The first-order chi connectivity index (χ1) is 17.4. The smallest absolute Gasteiger partial charge is 0.146 e. The van der Waals surface area contributed by atoms with Gasteiger partial charge in [-0.25, -0.2) is 0 Å². The fourth-order valence-electron chi connectivity index (χ4n) is 3.93. The lowest BCUT2D eigenvalue weighted by Crippen LogP contribution is -2.07. The molecule has 4 aromatic heterocycles. The first-order valence-electron chi connectivity index (χ1n) is 12.0. The molecule has 36 heavy (non-hydrogen) atoms. The van der Waals surface area contributed by atoms with Crippen LogP contribution in [0.4, 0.5) is 0 Å². The lowest BCUT2D eigenvalue weighted by Gasteiger charge is -2.15. The molecule has 0 aliphatic heterocycles. The van der Waals surface area contributed by atoms with Gasteiger partial charge in [0.15, 0.2) is 0 Å². The molecule has 0 amide bonds. The third-order valence-electron chi connectivity index (χ3n) is 6.12. The molecule has 0 saturated heterocycles. The molecule has 0 saturated carbocycles. The molecule has 1 aromatic carbocycles. The first-order valence-corrected chi connectivity index (χ1v) is 15.3. The Morgan fingerprint density at radius 2 is 1.08 bits per heavy atom. The summed E-state index contributed by atoms with van der Waals surface area (Å²) in [6.07, 6.45) is 3.90. The molecule has 2 nitrogen and oxygen atoms in total. The van der Waals surface area contributed by atoms with Gasteiger partial charge in [-0.15, -0.1) is 58.5 Å². The monoisotopic (exact) mass is 550 g/mol. The highest BCUT2D eigenvalue weighted by molar-refractivity contribution is 7.28. The van der Waals surface area contributed by atoms with E-state index < -0.39 is 0 Å². The summed E-state index contributed by atoms with van der Waals surface area (Å²) in [6.45, 7) is 17.7. The summed E-state index contributed by atoms with van der Waals surface area (Å²) in [5.74, 6) is 2.44. The predicted octanol–water partition coefficient (Wildman–Crippen LogP) is 10.6. The Hall–Kier alpha value is -2.38. The highest BCUT2D eigenvalue weighted by Crippen LogP contribution is 2.53. The van der Waals surface area contributed by atoms with E-state index in [1.165, 1.54) is 29.3 Å². The van der Waals surface area contributed by atoms with Gasteiger partial charge >= 0.3 is 0 Å². The van der Waals surface area contributed by atoms with Gasteiger partial charge in [0.05, 0.1) is 22.6 Å². The minimum absolute atomic E-state index is 0.261. The maximum atomic E-state index is 6.58. The zero-order valence-corrected chi connectivity index (χ0v) is 24.3. The molecule has 0 fully saturated rings. The van der Waals surface area contributed by atoms with Gasteiger partial charge in [-0.3, -0.25) is 0 Å². The summed E-state index contributed by atoms with van der Waals surface area (Å²) < 4.78 is 15.4. The van der Waals surface area contributed by atoms with Crippen molar-refractivity contribution in [3.63, 3.8) is 0 Å². The Morgan fingerprint density at radius 1 is 0.667 bits per heavy atom. The molecule has 0 spiro atoms. The molecule has 0 bridgehead atoms. The number of benzene rings is 1. The molecule has 0 aliphatic carbocycles. The lowest BCUT2D eigenvalue weighted by atomic mass is 10.1. The lowest BCUT2D eigenvalue weighted by molar-refractivity contribution is 0.287. The molecule has 6 heteroatoms. The van der Waals surface area contributed by atoms with Gasteiger partial charge in [-0.05, 0) is 50.2 Å². The number of thiophene rings is 4. The van der Waals surface area contributed by atoms with E-state index in [0.717, 1.165) is 31.7 Å². The van der Waals surface area contributed by atoms with E-state index in [-0.39, 0.29) is 11.8 Å². The predicted molar refractivity (Wildman–Crippen MR) is 163 cm³/mol. The van der Waals surface area contributed by atoms with E-state index >= 15 is 0 Å². The van der Waals surface area contributed by atoms with Crippen molar-refractivity contribution in [1.29, 1.82) is 0 Å². The van der Waals surface area contributed by atoms with E-state index in [2.05, 4.69) is 77.3 Å². The molecular formula is C30H30O2S4. The summed E-state index contributed by atoms with van der Waals surface area (Å²) in [5.41, 5.74) is 0. The van der Waals surface area contributed by atoms with Gasteiger partial charge in [-0.2, -0.15) is 0 Å². The molecule has 4 heterocycles. The van der Waals surface area contributed by atoms with E-state index in [4.69, 9.17) is 9.47 Å². The topological polar surface area (TPSA) is 18.5 Å². The van der Waals surface area contributed by atoms with Gasteiger partial charge in [0.25, 0.3) is 0 Å². The number of hydrogen-bond acceptors (Lipinski definition) is 6. The van der Waals surface area contributed by atoms with Crippen molar-refractivity contribution in [3.05, 3.63) is 71.5 Å². The van der Waals surface area contributed by atoms with Crippen LogP contribution in [-0.2, 0) is 0 Å². The zero-order chi connectivity index (χ0) is 25.4. The molecule has 0 aliphatic rings. The Morgan fingerprint density at radius 3 is 1.42 bits per heavy atom. The third-order valence-corrected chi connectivity index (χ3v) is 10.8. The zero-order valence-electron chi connectivity index (χ0n) is 21.1. The normalized spacial score (nSPS) is 13.2. The van der Waals surface area contributed by atoms with E-state index in [1.54, 1.807) is 22.7 Å². The maximum absolute atomic E-state index is 6.58.